The Balaban J connectivity index is 2.42. The molecule has 0 unspecified atom stereocenters. The molecule has 4 nitrogen and oxygen atoms in total. The number of thioether (sulfide) groups is 1. The van der Waals surface area contributed by atoms with Crippen LogP contribution < -0.4 is 0 Å². The van der Waals surface area contributed by atoms with Gasteiger partial charge in [0, 0.05) is 17.5 Å². The normalized spacial score (nSPS) is 10.6. The summed E-state index contributed by atoms with van der Waals surface area (Å²) < 4.78 is 1.59. The molecule has 94 valence electrons. The molecule has 1 N–H and O–H groups in total. The van der Waals surface area contributed by atoms with Crippen LogP contribution in [0.2, 0.25) is 0 Å². The zero-order valence-electron chi connectivity index (χ0n) is 10.3. The van der Waals surface area contributed by atoms with Gasteiger partial charge in [-0.25, -0.2) is 4.79 Å². The Bertz CT molecular complexity index is 561. The number of hydrogen-bond donors (Lipinski definition) is 1. The van der Waals surface area contributed by atoms with Crippen molar-refractivity contribution in [1.82, 2.24) is 9.78 Å². The van der Waals surface area contributed by atoms with Crippen LogP contribution in [-0.2, 0) is 7.05 Å². The predicted molar refractivity (Wildman–Crippen MR) is 72.0 cm³/mol. The van der Waals surface area contributed by atoms with E-state index in [1.165, 1.54) is 11.1 Å². The summed E-state index contributed by atoms with van der Waals surface area (Å²) in [5, 5.41) is 13.1. The number of nitrogens with zero attached hydrogens (tertiary/aromatic N) is 2. The fourth-order valence-electron chi connectivity index (χ4n) is 1.81. The minimum absolute atomic E-state index is 0.230. The number of aromatic carboxylic acids is 1. The van der Waals surface area contributed by atoms with Gasteiger partial charge in [-0.3, -0.25) is 4.68 Å². The lowest BCUT2D eigenvalue weighted by molar-refractivity contribution is 0.0697. The number of hydrogen-bond acceptors (Lipinski definition) is 3. The summed E-state index contributed by atoms with van der Waals surface area (Å²) in [6.45, 7) is 2.10. The Morgan fingerprint density at radius 3 is 2.61 bits per heavy atom. The van der Waals surface area contributed by atoms with Crippen LogP contribution in [0.4, 0.5) is 0 Å². The molecular formula is C13H14N2O2S. The standard InChI is InChI=1S/C13H14N2O2S/c1-3-18-10-6-4-9(5-7-10)12-11(13(16)17)8-14-15(12)2/h4-8H,3H2,1-2H3,(H,16,17). The zero-order chi connectivity index (χ0) is 13.1. The Morgan fingerprint density at radius 2 is 2.06 bits per heavy atom. The second kappa shape index (κ2) is 5.27. The van der Waals surface area contributed by atoms with Crippen molar-refractivity contribution in [1.29, 1.82) is 0 Å². The molecule has 18 heavy (non-hydrogen) atoms. The summed E-state index contributed by atoms with van der Waals surface area (Å²) in [6, 6.07) is 7.87. The maximum Gasteiger partial charge on any atom is 0.339 e. The Morgan fingerprint density at radius 1 is 1.39 bits per heavy atom. The summed E-state index contributed by atoms with van der Waals surface area (Å²) in [6.07, 6.45) is 1.38. The maximum atomic E-state index is 11.1. The molecule has 1 aromatic heterocycles. The van der Waals surface area contributed by atoms with Crippen molar-refractivity contribution >= 4 is 17.7 Å². The molecule has 2 aromatic rings. The largest absolute Gasteiger partial charge is 0.478 e. The van der Waals surface area contributed by atoms with Crippen LogP contribution in [0.15, 0.2) is 35.4 Å². The Labute approximate surface area is 110 Å². The third-order valence-electron chi connectivity index (χ3n) is 2.61. The van der Waals surface area contributed by atoms with Crippen molar-refractivity contribution in [2.75, 3.05) is 5.75 Å². The smallest absolute Gasteiger partial charge is 0.339 e. The maximum absolute atomic E-state index is 11.1. The molecule has 0 bridgehead atoms. The van der Waals surface area contributed by atoms with Gasteiger partial charge in [0.25, 0.3) is 0 Å². The first-order chi connectivity index (χ1) is 8.63. The number of carboxylic acids is 1. The van der Waals surface area contributed by atoms with E-state index < -0.39 is 5.97 Å². The molecule has 2 rings (SSSR count). The van der Waals surface area contributed by atoms with E-state index in [9.17, 15) is 4.79 Å². The molecule has 0 fully saturated rings. The first-order valence-corrected chi connectivity index (χ1v) is 6.60. The van der Waals surface area contributed by atoms with Gasteiger partial charge < -0.3 is 5.11 Å². The van der Waals surface area contributed by atoms with Crippen LogP contribution in [0, 0.1) is 0 Å². The van der Waals surface area contributed by atoms with Gasteiger partial charge in [-0.05, 0) is 17.9 Å². The first kappa shape index (κ1) is 12.7. The van der Waals surface area contributed by atoms with E-state index in [0.717, 1.165) is 11.3 Å². The van der Waals surface area contributed by atoms with Crippen LogP contribution in [0.25, 0.3) is 11.3 Å². The first-order valence-electron chi connectivity index (χ1n) is 5.62. The molecule has 1 aromatic carbocycles. The van der Waals surface area contributed by atoms with Crippen LogP contribution in [0.5, 0.6) is 0 Å². The van der Waals surface area contributed by atoms with Crippen LogP contribution in [-0.4, -0.2) is 26.6 Å². The molecule has 1 heterocycles. The number of carboxylic acid groups (broad SMARTS) is 1. The number of aryl methyl sites for hydroxylation is 1. The lowest BCUT2D eigenvalue weighted by atomic mass is 10.1. The quantitative estimate of drug-likeness (QED) is 0.861. The van der Waals surface area contributed by atoms with E-state index >= 15 is 0 Å². The summed E-state index contributed by atoms with van der Waals surface area (Å²) >= 11 is 1.76. The summed E-state index contributed by atoms with van der Waals surface area (Å²) in [5.74, 6) is 0.0657. The molecule has 0 aliphatic rings. The van der Waals surface area contributed by atoms with Gasteiger partial charge in [0.1, 0.15) is 5.56 Å². The van der Waals surface area contributed by atoms with Gasteiger partial charge in [0.05, 0.1) is 11.9 Å². The fourth-order valence-corrected chi connectivity index (χ4v) is 2.47. The zero-order valence-corrected chi connectivity index (χ0v) is 11.1. The van der Waals surface area contributed by atoms with Crippen molar-refractivity contribution in [3.63, 3.8) is 0 Å². The Hall–Kier alpha value is -1.75. The van der Waals surface area contributed by atoms with E-state index in [-0.39, 0.29) is 5.56 Å². The van der Waals surface area contributed by atoms with Crippen LogP contribution in [0.1, 0.15) is 17.3 Å². The minimum atomic E-state index is -0.954. The second-order valence-corrected chi connectivity index (χ2v) is 5.13. The number of rotatable bonds is 4. The molecule has 0 saturated heterocycles. The molecule has 0 aliphatic carbocycles. The molecule has 0 radical (unpaired) electrons. The number of benzene rings is 1. The van der Waals surface area contributed by atoms with E-state index in [2.05, 4.69) is 12.0 Å². The minimum Gasteiger partial charge on any atom is -0.478 e. The van der Waals surface area contributed by atoms with Gasteiger partial charge in [-0.2, -0.15) is 5.10 Å². The van der Waals surface area contributed by atoms with E-state index in [1.807, 2.05) is 24.3 Å². The summed E-state index contributed by atoms with van der Waals surface area (Å²) in [7, 11) is 1.75. The van der Waals surface area contributed by atoms with Gasteiger partial charge in [-0.1, -0.05) is 19.1 Å². The number of aromatic nitrogens is 2. The van der Waals surface area contributed by atoms with E-state index in [1.54, 1.807) is 23.5 Å². The average Bonchev–Trinajstić information content (AvgIpc) is 2.73. The topological polar surface area (TPSA) is 55.1 Å². The highest BCUT2D eigenvalue weighted by atomic mass is 32.2. The molecule has 0 spiro atoms. The van der Waals surface area contributed by atoms with Gasteiger partial charge in [0.2, 0.25) is 0 Å². The van der Waals surface area contributed by atoms with Crippen molar-refractivity contribution < 1.29 is 9.90 Å². The van der Waals surface area contributed by atoms with Crippen LogP contribution >= 0.6 is 11.8 Å². The Kier molecular flexibility index (Phi) is 3.72. The molecule has 0 atom stereocenters. The van der Waals surface area contributed by atoms with Crippen LogP contribution in [0.3, 0.4) is 0 Å². The third kappa shape index (κ3) is 2.41. The van der Waals surface area contributed by atoms with Gasteiger partial charge in [-0.15, -0.1) is 11.8 Å². The van der Waals surface area contributed by atoms with Gasteiger partial charge >= 0.3 is 5.97 Å². The predicted octanol–water partition coefficient (Wildman–Crippen LogP) is 2.90. The lowest BCUT2D eigenvalue weighted by Gasteiger charge is -2.05. The summed E-state index contributed by atoms with van der Waals surface area (Å²) in [4.78, 5) is 12.3. The highest BCUT2D eigenvalue weighted by Gasteiger charge is 2.16. The average molecular weight is 262 g/mol. The van der Waals surface area contributed by atoms with Gasteiger partial charge in [0.15, 0.2) is 0 Å². The van der Waals surface area contributed by atoms with Crippen molar-refractivity contribution in [2.45, 2.75) is 11.8 Å². The molecular weight excluding hydrogens is 248 g/mol. The molecule has 0 amide bonds. The SMILES string of the molecule is CCSc1ccc(-c2c(C(=O)O)cnn2C)cc1. The van der Waals surface area contributed by atoms with Crippen molar-refractivity contribution in [3.05, 3.63) is 36.0 Å². The van der Waals surface area contributed by atoms with E-state index in [4.69, 9.17) is 5.11 Å². The molecule has 0 aliphatic heterocycles. The molecule has 5 heteroatoms. The van der Waals surface area contributed by atoms with Crippen molar-refractivity contribution in [2.24, 2.45) is 7.05 Å². The lowest BCUT2D eigenvalue weighted by Crippen LogP contribution is -2.00. The highest BCUT2D eigenvalue weighted by molar-refractivity contribution is 7.99. The summed E-state index contributed by atoms with van der Waals surface area (Å²) in [5.41, 5.74) is 1.73. The highest BCUT2D eigenvalue weighted by Crippen LogP contribution is 2.26. The van der Waals surface area contributed by atoms with E-state index in [0.29, 0.717) is 5.69 Å². The molecule has 0 saturated carbocycles. The monoisotopic (exact) mass is 262 g/mol. The second-order valence-electron chi connectivity index (χ2n) is 3.79. The van der Waals surface area contributed by atoms with Crippen molar-refractivity contribution in [3.8, 4) is 11.3 Å². The fraction of sp³-hybridized carbons (Fsp3) is 0.231. The number of carbonyl (C=O) groups is 1. The third-order valence-corrected chi connectivity index (χ3v) is 3.50.